The molecule has 0 saturated heterocycles. The zero-order valence-corrected chi connectivity index (χ0v) is 23.0. The SMILES string of the molecule is CCNC(=O)C(CC)N(Cc1cccc(OC)c1)C(=O)CCCN(c1cc(C)cc(C)c1)S(C)(=O)=O. The molecule has 0 aliphatic rings. The van der Waals surface area contributed by atoms with Gasteiger partial charge < -0.3 is 15.0 Å². The van der Waals surface area contributed by atoms with E-state index in [1.54, 1.807) is 12.0 Å². The molecule has 2 amide bonds. The van der Waals surface area contributed by atoms with Gasteiger partial charge in [-0.3, -0.25) is 13.9 Å². The lowest BCUT2D eigenvalue weighted by Gasteiger charge is -2.31. The number of aryl methyl sites for hydroxylation is 2. The van der Waals surface area contributed by atoms with Gasteiger partial charge in [-0.25, -0.2) is 8.42 Å². The van der Waals surface area contributed by atoms with Crippen LogP contribution >= 0.6 is 0 Å². The van der Waals surface area contributed by atoms with Crippen LogP contribution in [0.1, 0.15) is 49.8 Å². The summed E-state index contributed by atoms with van der Waals surface area (Å²) in [5.41, 5.74) is 3.36. The number of methoxy groups -OCH3 is 1. The van der Waals surface area contributed by atoms with Gasteiger partial charge in [-0.15, -0.1) is 0 Å². The Morgan fingerprint density at radius 1 is 1.06 bits per heavy atom. The van der Waals surface area contributed by atoms with E-state index in [9.17, 15) is 18.0 Å². The van der Waals surface area contributed by atoms with E-state index in [1.165, 1.54) is 10.6 Å². The van der Waals surface area contributed by atoms with Gasteiger partial charge in [0, 0.05) is 26.1 Å². The van der Waals surface area contributed by atoms with Crippen molar-refractivity contribution in [2.45, 2.75) is 59.5 Å². The molecule has 36 heavy (non-hydrogen) atoms. The first-order valence-electron chi connectivity index (χ1n) is 12.3. The molecule has 2 rings (SSSR count). The van der Waals surface area contributed by atoms with Crippen molar-refractivity contribution in [1.82, 2.24) is 10.2 Å². The number of hydrogen-bond donors (Lipinski definition) is 1. The fourth-order valence-corrected chi connectivity index (χ4v) is 5.23. The van der Waals surface area contributed by atoms with E-state index in [0.717, 1.165) is 16.7 Å². The molecule has 1 N–H and O–H groups in total. The predicted molar refractivity (Wildman–Crippen MR) is 144 cm³/mol. The minimum absolute atomic E-state index is 0.108. The molecule has 2 aromatic carbocycles. The molecular weight excluding hydrogens is 478 g/mol. The van der Waals surface area contributed by atoms with Gasteiger partial charge in [0.2, 0.25) is 21.8 Å². The standard InChI is InChI=1S/C27H39N3O5S/c1-7-25(27(32)28-8-2)29(19-22-11-9-12-24(18-22)35-5)26(31)13-10-14-30(36(6,33)34)23-16-20(3)15-21(4)17-23/h9,11-12,15-18,25H,7-8,10,13-14,19H2,1-6H3,(H,28,32). The highest BCUT2D eigenvalue weighted by Gasteiger charge is 2.28. The summed E-state index contributed by atoms with van der Waals surface area (Å²) in [7, 11) is -1.96. The molecule has 8 nitrogen and oxygen atoms in total. The van der Waals surface area contributed by atoms with Gasteiger partial charge >= 0.3 is 0 Å². The smallest absolute Gasteiger partial charge is 0.242 e. The van der Waals surface area contributed by atoms with Crippen LogP contribution < -0.4 is 14.4 Å². The van der Waals surface area contributed by atoms with E-state index >= 15 is 0 Å². The highest BCUT2D eigenvalue weighted by Crippen LogP contribution is 2.23. The number of likely N-dealkylation sites (N-methyl/N-ethyl adjacent to an activating group) is 1. The molecule has 0 aliphatic carbocycles. The lowest BCUT2D eigenvalue weighted by Crippen LogP contribution is -2.49. The zero-order valence-electron chi connectivity index (χ0n) is 22.2. The van der Waals surface area contributed by atoms with Crippen molar-refractivity contribution in [3.05, 3.63) is 59.2 Å². The van der Waals surface area contributed by atoms with E-state index < -0.39 is 16.1 Å². The monoisotopic (exact) mass is 517 g/mol. The second kappa shape index (κ2) is 13.3. The Bertz CT molecular complexity index is 1130. The Morgan fingerprint density at radius 2 is 1.72 bits per heavy atom. The molecule has 0 fully saturated rings. The largest absolute Gasteiger partial charge is 0.497 e. The van der Waals surface area contributed by atoms with Gasteiger partial charge in [0.05, 0.1) is 19.1 Å². The maximum atomic E-state index is 13.4. The van der Waals surface area contributed by atoms with Crippen LogP contribution in [0.5, 0.6) is 5.75 Å². The van der Waals surface area contributed by atoms with Crippen molar-refractivity contribution in [2.24, 2.45) is 0 Å². The number of rotatable bonds is 13. The summed E-state index contributed by atoms with van der Waals surface area (Å²) in [6, 6.07) is 12.4. The highest BCUT2D eigenvalue weighted by molar-refractivity contribution is 7.92. The van der Waals surface area contributed by atoms with Crippen molar-refractivity contribution in [3.63, 3.8) is 0 Å². The number of hydrogen-bond acceptors (Lipinski definition) is 5. The molecule has 0 aliphatic heterocycles. The quantitative estimate of drug-likeness (QED) is 0.436. The van der Waals surface area contributed by atoms with Gasteiger partial charge in [0.1, 0.15) is 11.8 Å². The van der Waals surface area contributed by atoms with Gasteiger partial charge in [-0.2, -0.15) is 0 Å². The number of ether oxygens (including phenoxy) is 1. The summed E-state index contributed by atoms with van der Waals surface area (Å²) in [5, 5.41) is 2.82. The van der Waals surface area contributed by atoms with Gasteiger partial charge in [0.15, 0.2) is 0 Å². The van der Waals surface area contributed by atoms with Crippen LogP contribution in [0.3, 0.4) is 0 Å². The van der Waals surface area contributed by atoms with Crippen LogP contribution in [0.2, 0.25) is 0 Å². The first kappa shape index (κ1) is 29.2. The van der Waals surface area contributed by atoms with Crippen LogP contribution in [0.15, 0.2) is 42.5 Å². The van der Waals surface area contributed by atoms with Gasteiger partial charge in [-0.05, 0) is 74.6 Å². The maximum absolute atomic E-state index is 13.4. The van der Waals surface area contributed by atoms with Crippen LogP contribution in [-0.2, 0) is 26.2 Å². The predicted octanol–water partition coefficient (Wildman–Crippen LogP) is 3.80. The number of sulfonamides is 1. The van der Waals surface area contributed by atoms with E-state index in [2.05, 4.69) is 5.32 Å². The van der Waals surface area contributed by atoms with Crippen molar-refractivity contribution < 1.29 is 22.7 Å². The summed E-state index contributed by atoms with van der Waals surface area (Å²) in [6.45, 7) is 8.43. The first-order chi connectivity index (χ1) is 17.0. The van der Waals surface area contributed by atoms with E-state index in [0.29, 0.717) is 30.8 Å². The summed E-state index contributed by atoms with van der Waals surface area (Å²) in [6.07, 6.45) is 2.05. The van der Waals surface area contributed by atoms with Crippen LogP contribution in [0.4, 0.5) is 5.69 Å². The Hall–Kier alpha value is -3.07. The van der Waals surface area contributed by atoms with E-state index in [1.807, 2.05) is 70.2 Å². The molecule has 0 saturated carbocycles. The summed E-state index contributed by atoms with van der Waals surface area (Å²) >= 11 is 0. The Kier molecular flexibility index (Phi) is 10.8. The molecule has 198 valence electrons. The van der Waals surface area contributed by atoms with Crippen molar-refractivity contribution in [2.75, 3.05) is 30.8 Å². The molecule has 0 radical (unpaired) electrons. The number of anilines is 1. The number of amides is 2. The molecule has 1 atom stereocenters. The first-order valence-corrected chi connectivity index (χ1v) is 14.1. The molecule has 0 spiro atoms. The number of nitrogens with one attached hydrogen (secondary N) is 1. The lowest BCUT2D eigenvalue weighted by molar-refractivity contribution is -0.141. The molecule has 0 heterocycles. The Balaban J connectivity index is 2.24. The second-order valence-corrected chi connectivity index (χ2v) is 10.9. The van der Waals surface area contributed by atoms with Crippen molar-refractivity contribution in [3.8, 4) is 5.75 Å². The summed E-state index contributed by atoms with van der Waals surface area (Å²) < 4.78 is 31.7. The van der Waals surface area contributed by atoms with Gasteiger partial charge in [-0.1, -0.05) is 25.1 Å². The maximum Gasteiger partial charge on any atom is 0.242 e. The highest BCUT2D eigenvalue weighted by atomic mass is 32.2. The zero-order chi connectivity index (χ0) is 26.9. The van der Waals surface area contributed by atoms with Crippen LogP contribution in [0.25, 0.3) is 0 Å². The minimum Gasteiger partial charge on any atom is -0.497 e. The summed E-state index contributed by atoms with van der Waals surface area (Å²) in [5.74, 6) is 0.261. The Labute approximate surface area is 215 Å². The third kappa shape index (κ3) is 8.26. The molecule has 1 unspecified atom stereocenters. The van der Waals surface area contributed by atoms with E-state index in [-0.39, 0.29) is 31.3 Å². The average molecular weight is 518 g/mol. The molecule has 9 heteroatoms. The van der Waals surface area contributed by atoms with Crippen LogP contribution in [-0.4, -0.2) is 57.6 Å². The fourth-order valence-electron chi connectivity index (χ4n) is 4.28. The van der Waals surface area contributed by atoms with Crippen LogP contribution in [0, 0.1) is 13.8 Å². The topological polar surface area (TPSA) is 96.0 Å². The van der Waals surface area contributed by atoms with Crippen molar-refractivity contribution >= 4 is 27.5 Å². The lowest BCUT2D eigenvalue weighted by atomic mass is 10.1. The third-order valence-corrected chi connectivity index (χ3v) is 7.06. The average Bonchev–Trinajstić information content (AvgIpc) is 2.80. The van der Waals surface area contributed by atoms with Gasteiger partial charge in [0.25, 0.3) is 0 Å². The molecule has 2 aromatic rings. The number of nitrogens with zero attached hydrogens (tertiary/aromatic N) is 2. The second-order valence-electron chi connectivity index (χ2n) is 8.98. The Morgan fingerprint density at radius 3 is 2.28 bits per heavy atom. The normalized spacial score (nSPS) is 12.1. The fraction of sp³-hybridized carbons (Fsp3) is 0.481. The summed E-state index contributed by atoms with van der Waals surface area (Å²) in [4.78, 5) is 27.8. The van der Waals surface area contributed by atoms with E-state index in [4.69, 9.17) is 4.74 Å². The third-order valence-electron chi connectivity index (χ3n) is 5.87. The van der Waals surface area contributed by atoms with Crippen molar-refractivity contribution in [1.29, 1.82) is 0 Å². The molecular formula is C27H39N3O5S. The number of carbonyl (C=O) groups excluding carboxylic acids is 2. The number of benzene rings is 2. The molecule has 0 aromatic heterocycles. The molecule has 0 bridgehead atoms. The number of carbonyl (C=O) groups is 2. The minimum atomic E-state index is -3.54.